The van der Waals surface area contributed by atoms with Crippen molar-refractivity contribution in [1.82, 2.24) is 10.3 Å². The standard InChI is InChI=1S/C10H18N2S/c1-4-10(2,8-11-3)7-9-12-5-6-13-9/h5-6,11H,4,7-8H2,1-3H3. The summed E-state index contributed by atoms with van der Waals surface area (Å²) in [6.45, 7) is 5.61. The van der Waals surface area contributed by atoms with Gasteiger partial charge < -0.3 is 5.32 Å². The maximum absolute atomic E-state index is 4.32. The molecule has 0 amide bonds. The van der Waals surface area contributed by atoms with Crippen molar-refractivity contribution in [2.75, 3.05) is 13.6 Å². The Labute approximate surface area is 84.4 Å². The summed E-state index contributed by atoms with van der Waals surface area (Å²) in [6, 6.07) is 0. The zero-order valence-corrected chi connectivity index (χ0v) is 9.45. The molecule has 0 aliphatic rings. The predicted octanol–water partition coefficient (Wildman–Crippen LogP) is 2.32. The van der Waals surface area contributed by atoms with Crippen molar-refractivity contribution in [3.8, 4) is 0 Å². The van der Waals surface area contributed by atoms with E-state index in [1.165, 1.54) is 11.4 Å². The summed E-state index contributed by atoms with van der Waals surface area (Å²) >= 11 is 1.75. The molecule has 1 atom stereocenters. The number of hydrogen-bond donors (Lipinski definition) is 1. The van der Waals surface area contributed by atoms with E-state index < -0.39 is 0 Å². The lowest BCUT2D eigenvalue weighted by Crippen LogP contribution is -2.31. The van der Waals surface area contributed by atoms with Gasteiger partial charge in [0.1, 0.15) is 0 Å². The molecule has 0 aromatic carbocycles. The Kier molecular flexibility index (Phi) is 3.88. The molecular weight excluding hydrogens is 180 g/mol. The van der Waals surface area contributed by atoms with Gasteiger partial charge >= 0.3 is 0 Å². The number of rotatable bonds is 5. The van der Waals surface area contributed by atoms with Crippen LogP contribution in [-0.4, -0.2) is 18.6 Å². The van der Waals surface area contributed by atoms with Crippen molar-refractivity contribution in [2.45, 2.75) is 26.7 Å². The van der Waals surface area contributed by atoms with E-state index in [4.69, 9.17) is 0 Å². The molecule has 13 heavy (non-hydrogen) atoms. The van der Waals surface area contributed by atoms with Gasteiger partial charge in [-0.2, -0.15) is 0 Å². The first kappa shape index (κ1) is 10.7. The maximum Gasteiger partial charge on any atom is 0.0930 e. The van der Waals surface area contributed by atoms with Crippen LogP contribution in [0.2, 0.25) is 0 Å². The minimum atomic E-state index is 0.354. The molecule has 1 heterocycles. The predicted molar refractivity (Wildman–Crippen MR) is 58.1 cm³/mol. The van der Waals surface area contributed by atoms with Crippen LogP contribution in [0.3, 0.4) is 0 Å². The van der Waals surface area contributed by atoms with Gasteiger partial charge in [0.15, 0.2) is 0 Å². The number of hydrogen-bond acceptors (Lipinski definition) is 3. The van der Waals surface area contributed by atoms with Gasteiger partial charge in [0.2, 0.25) is 0 Å². The summed E-state index contributed by atoms with van der Waals surface area (Å²) in [4.78, 5) is 4.32. The first-order valence-corrected chi connectivity index (χ1v) is 5.61. The molecule has 1 aromatic rings. The summed E-state index contributed by atoms with van der Waals surface area (Å²) in [5, 5.41) is 6.54. The monoisotopic (exact) mass is 198 g/mol. The summed E-state index contributed by atoms with van der Waals surface area (Å²) < 4.78 is 0. The highest BCUT2D eigenvalue weighted by atomic mass is 32.1. The molecule has 74 valence electrons. The fourth-order valence-electron chi connectivity index (χ4n) is 1.44. The average Bonchev–Trinajstić information content (AvgIpc) is 2.57. The van der Waals surface area contributed by atoms with Crippen molar-refractivity contribution in [2.24, 2.45) is 5.41 Å². The van der Waals surface area contributed by atoms with Gasteiger partial charge in [0, 0.05) is 24.5 Å². The molecule has 1 aromatic heterocycles. The van der Waals surface area contributed by atoms with Gasteiger partial charge in [-0.3, -0.25) is 0 Å². The number of aromatic nitrogens is 1. The van der Waals surface area contributed by atoms with E-state index in [2.05, 4.69) is 24.1 Å². The van der Waals surface area contributed by atoms with Crippen molar-refractivity contribution in [3.63, 3.8) is 0 Å². The molecular formula is C10H18N2S. The van der Waals surface area contributed by atoms with Gasteiger partial charge in [-0.1, -0.05) is 13.8 Å². The molecule has 0 bridgehead atoms. The van der Waals surface area contributed by atoms with E-state index in [1.54, 1.807) is 11.3 Å². The van der Waals surface area contributed by atoms with Gasteiger partial charge in [-0.25, -0.2) is 4.98 Å². The van der Waals surface area contributed by atoms with E-state index in [-0.39, 0.29) is 0 Å². The largest absolute Gasteiger partial charge is 0.319 e. The molecule has 1 N–H and O–H groups in total. The van der Waals surface area contributed by atoms with E-state index in [0.717, 1.165) is 13.0 Å². The molecule has 3 heteroatoms. The lowest BCUT2D eigenvalue weighted by molar-refractivity contribution is 0.298. The van der Waals surface area contributed by atoms with E-state index in [1.807, 2.05) is 18.6 Å². The van der Waals surface area contributed by atoms with Gasteiger partial charge in [0.25, 0.3) is 0 Å². The number of nitrogens with one attached hydrogen (secondary N) is 1. The highest BCUT2D eigenvalue weighted by Gasteiger charge is 2.22. The smallest absolute Gasteiger partial charge is 0.0930 e. The van der Waals surface area contributed by atoms with Gasteiger partial charge in [-0.15, -0.1) is 11.3 Å². The molecule has 0 aliphatic heterocycles. The number of nitrogens with zero attached hydrogens (tertiary/aromatic N) is 1. The van der Waals surface area contributed by atoms with Crippen molar-refractivity contribution >= 4 is 11.3 Å². The molecule has 0 aliphatic carbocycles. The lowest BCUT2D eigenvalue weighted by atomic mass is 9.84. The van der Waals surface area contributed by atoms with E-state index >= 15 is 0 Å². The van der Waals surface area contributed by atoms with Crippen LogP contribution in [0.1, 0.15) is 25.3 Å². The fraction of sp³-hybridized carbons (Fsp3) is 0.700. The number of thiazole rings is 1. The Balaban J connectivity index is 2.58. The Morgan fingerprint density at radius 2 is 2.38 bits per heavy atom. The highest BCUT2D eigenvalue weighted by Crippen LogP contribution is 2.26. The molecule has 2 nitrogen and oxygen atoms in total. The SMILES string of the molecule is CCC(C)(CNC)Cc1nccs1. The minimum absolute atomic E-state index is 0.354. The normalized spacial score (nSPS) is 15.6. The van der Waals surface area contributed by atoms with Crippen molar-refractivity contribution in [3.05, 3.63) is 16.6 Å². The topological polar surface area (TPSA) is 24.9 Å². The molecule has 0 spiro atoms. The van der Waals surface area contributed by atoms with E-state index in [0.29, 0.717) is 5.41 Å². The summed E-state index contributed by atoms with van der Waals surface area (Å²) in [5.41, 5.74) is 0.354. The van der Waals surface area contributed by atoms with Crippen LogP contribution in [0, 0.1) is 5.41 Å². The summed E-state index contributed by atoms with van der Waals surface area (Å²) in [7, 11) is 2.01. The Hall–Kier alpha value is -0.410. The zero-order chi connectivity index (χ0) is 9.73. The Morgan fingerprint density at radius 3 is 2.85 bits per heavy atom. The third kappa shape index (κ3) is 3.08. The summed E-state index contributed by atoms with van der Waals surface area (Å²) in [5.74, 6) is 0. The van der Waals surface area contributed by atoms with Gasteiger partial charge in [0.05, 0.1) is 5.01 Å². The first-order chi connectivity index (χ1) is 6.20. The van der Waals surface area contributed by atoms with Crippen LogP contribution in [0.15, 0.2) is 11.6 Å². The second-order valence-electron chi connectivity index (χ2n) is 3.80. The lowest BCUT2D eigenvalue weighted by Gasteiger charge is -2.26. The first-order valence-electron chi connectivity index (χ1n) is 4.73. The maximum atomic E-state index is 4.32. The van der Waals surface area contributed by atoms with Gasteiger partial charge in [-0.05, 0) is 18.9 Å². The van der Waals surface area contributed by atoms with Crippen LogP contribution in [0.25, 0.3) is 0 Å². The summed E-state index contributed by atoms with van der Waals surface area (Å²) in [6.07, 6.45) is 4.16. The molecule has 0 saturated heterocycles. The highest BCUT2D eigenvalue weighted by molar-refractivity contribution is 7.09. The molecule has 0 saturated carbocycles. The van der Waals surface area contributed by atoms with Crippen LogP contribution in [0.5, 0.6) is 0 Å². The third-order valence-electron chi connectivity index (χ3n) is 2.52. The van der Waals surface area contributed by atoms with Crippen molar-refractivity contribution < 1.29 is 0 Å². The second-order valence-corrected chi connectivity index (χ2v) is 4.78. The van der Waals surface area contributed by atoms with E-state index in [9.17, 15) is 0 Å². The molecule has 1 rings (SSSR count). The Bertz CT molecular complexity index is 233. The molecule has 1 unspecified atom stereocenters. The molecule has 0 radical (unpaired) electrons. The average molecular weight is 198 g/mol. The molecule has 0 fully saturated rings. The van der Waals surface area contributed by atoms with Crippen molar-refractivity contribution in [1.29, 1.82) is 0 Å². The third-order valence-corrected chi connectivity index (χ3v) is 3.30. The van der Waals surface area contributed by atoms with Crippen LogP contribution in [0.4, 0.5) is 0 Å². The zero-order valence-electron chi connectivity index (χ0n) is 8.63. The second kappa shape index (κ2) is 4.72. The van der Waals surface area contributed by atoms with Crippen LogP contribution >= 0.6 is 11.3 Å². The quantitative estimate of drug-likeness (QED) is 0.785. The minimum Gasteiger partial charge on any atom is -0.319 e. The van der Waals surface area contributed by atoms with Crippen LogP contribution in [-0.2, 0) is 6.42 Å². The fourth-order valence-corrected chi connectivity index (χ4v) is 2.28. The van der Waals surface area contributed by atoms with Crippen LogP contribution < -0.4 is 5.32 Å². The Morgan fingerprint density at radius 1 is 1.62 bits per heavy atom.